The van der Waals surface area contributed by atoms with Crippen LogP contribution in [0.2, 0.25) is 0 Å². The number of carbonyl (C=O) groups excluding carboxylic acids is 3. The third-order valence-corrected chi connectivity index (χ3v) is 4.81. The van der Waals surface area contributed by atoms with Crippen LogP contribution in [0.5, 0.6) is 0 Å². The number of aliphatic imine (C=N–C) groups is 1. The lowest BCUT2D eigenvalue weighted by molar-refractivity contribution is -0.143. The first-order chi connectivity index (χ1) is 12.7. The summed E-state index contributed by atoms with van der Waals surface area (Å²) in [6.45, 7) is 3.34. The molecule has 1 heterocycles. The lowest BCUT2D eigenvalue weighted by Crippen LogP contribution is -2.37. The Labute approximate surface area is 162 Å². The first-order valence-electron chi connectivity index (χ1n) is 8.04. The number of hydrogen-bond acceptors (Lipinski definition) is 7. The lowest BCUT2D eigenvalue weighted by Gasteiger charge is -2.33. The smallest absolute Gasteiger partial charge is 0.336 e. The van der Waals surface area contributed by atoms with E-state index in [0.29, 0.717) is 22.7 Å². The Morgan fingerprint density at radius 1 is 1.15 bits per heavy atom. The first kappa shape index (κ1) is 20.5. The second kappa shape index (κ2) is 8.26. The number of anilines is 1. The van der Waals surface area contributed by atoms with Crippen LogP contribution >= 0.6 is 12.8 Å². The van der Waals surface area contributed by atoms with Crippen molar-refractivity contribution in [3.8, 4) is 0 Å². The number of carbonyl (C=O) groups is 3. The highest BCUT2D eigenvalue weighted by atomic mass is 32.1. The summed E-state index contributed by atoms with van der Waals surface area (Å²) in [7, 11) is 2.51. The molecule has 0 aromatic heterocycles. The number of rotatable bonds is 4. The van der Waals surface area contributed by atoms with E-state index in [9.17, 15) is 14.4 Å². The Morgan fingerprint density at radius 3 is 2.33 bits per heavy atom. The van der Waals surface area contributed by atoms with Gasteiger partial charge < -0.3 is 15.2 Å². The Balaban J connectivity index is 2.79. The van der Waals surface area contributed by atoms with Gasteiger partial charge in [0.05, 0.1) is 25.5 Å². The van der Waals surface area contributed by atoms with Crippen molar-refractivity contribution in [2.45, 2.75) is 19.8 Å². The molecule has 1 aromatic rings. The highest BCUT2D eigenvalue weighted by Gasteiger charge is 2.43. The fraction of sp³-hybridized carbons (Fsp3) is 0.333. The number of methoxy groups -OCH3 is 2. The summed E-state index contributed by atoms with van der Waals surface area (Å²) in [5.41, 5.74) is 7.30. The summed E-state index contributed by atoms with van der Waals surface area (Å²) in [4.78, 5) is 41.0. The number of nitrogens with zero attached hydrogens (tertiary/aromatic N) is 2. The number of benzene rings is 1. The molecule has 0 spiro atoms. The average Bonchev–Trinajstić information content (AvgIpc) is 2.65. The van der Waals surface area contributed by atoms with Gasteiger partial charge in [-0.25, -0.2) is 13.9 Å². The van der Waals surface area contributed by atoms with Crippen molar-refractivity contribution >= 4 is 42.2 Å². The molecular formula is C18H21N3O5S. The van der Waals surface area contributed by atoms with E-state index in [4.69, 9.17) is 15.2 Å². The van der Waals surface area contributed by atoms with Crippen LogP contribution in [0.3, 0.4) is 0 Å². The van der Waals surface area contributed by atoms with Crippen molar-refractivity contribution in [3.05, 3.63) is 41.1 Å². The van der Waals surface area contributed by atoms with Gasteiger partial charge in [-0.05, 0) is 25.5 Å². The molecule has 1 aliphatic rings. The number of thiol groups is 1. The molecule has 0 radical (unpaired) electrons. The minimum Gasteiger partial charge on any atom is -0.468 e. The molecule has 2 amide bonds. The normalized spacial score (nSPS) is 19.2. The molecule has 27 heavy (non-hydrogen) atoms. The van der Waals surface area contributed by atoms with Crippen molar-refractivity contribution in [1.82, 2.24) is 0 Å². The molecule has 2 atom stereocenters. The standard InChI is InChI=1S/C18H21N3O5S/c1-9-13(16(22)25-3)15(14(10(2)20-9)17(23)26-4)11-7-5-6-8-12(11)21(27)18(19)24/h5-8,13,15,27H,1-4H3,(H2,19,24). The predicted octanol–water partition coefficient (Wildman–Crippen LogP) is 2.21. The molecule has 0 bridgehead atoms. The molecule has 1 aromatic carbocycles. The fourth-order valence-electron chi connectivity index (χ4n) is 3.24. The largest absolute Gasteiger partial charge is 0.468 e. The van der Waals surface area contributed by atoms with Gasteiger partial charge in [-0.2, -0.15) is 0 Å². The molecule has 1 aliphatic heterocycles. The van der Waals surface area contributed by atoms with E-state index in [1.165, 1.54) is 14.2 Å². The van der Waals surface area contributed by atoms with E-state index in [0.717, 1.165) is 4.31 Å². The number of primary amides is 1. The van der Waals surface area contributed by atoms with Crippen LogP contribution in [-0.2, 0) is 19.1 Å². The van der Waals surface area contributed by atoms with E-state index >= 15 is 0 Å². The van der Waals surface area contributed by atoms with Gasteiger partial charge in [-0.15, -0.1) is 0 Å². The van der Waals surface area contributed by atoms with Gasteiger partial charge in [0.1, 0.15) is 5.92 Å². The first-order valence-corrected chi connectivity index (χ1v) is 8.44. The summed E-state index contributed by atoms with van der Waals surface area (Å²) in [5, 5.41) is 0. The zero-order valence-corrected chi connectivity index (χ0v) is 16.3. The van der Waals surface area contributed by atoms with Gasteiger partial charge >= 0.3 is 18.0 Å². The molecule has 0 aliphatic carbocycles. The van der Waals surface area contributed by atoms with E-state index in [2.05, 4.69) is 17.8 Å². The van der Waals surface area contributed by atoms with E-state index in [1.54, 1.807) is 38.1 Å². The average molecular weight is 391 g/mol. The van der Waals surface area contributed by atoms with Crippen LogP contribution in [0.15, 0.2) is 40.5 Å². The van der Waals surface area contributed by atoms with Gasteiger partial charge in [0.25, 0.3) is 0 Å². The Hall–Kier alpha value is -2.81. The SMILES string of the molecule is COC(=O)C1=C(C)N=C(C)C(C(=O)OC)C1c1ccccc1N(S)C(N)=O. The predicted molar refractivity (Wildman–Crippen MR) is 104 cm³/mol. The summed E-state index contributed by atoms with van der Waals surface area (Å²) in [6.07, 6.45) is 0. The quantitative estimate of drug-likeness (QED) is 0.604. The maximum atomic E-state index is 12.5. The van der Waals surface area contributed by atoms with Gasteiger partial charge in [0, 0.05) is 17.3 Å². The molecule has 0 saturated heterocycles. The van der Waals surface area contributed by atoms with Gasteiger partial charge in [-0.1, -0.05) is 31.0 Å². The number of ether oxygens (including phenoxy) is 2. The van der Waals surface area contributed by atoms with E-state index < -0.39 is 29.8 Å². The second-order valence-corrected chi connectivity index (χ2v) is 6.33. The van der Waals surface area contributed by atoms with Crippen LogP contribution in [0.25, 0.3) is 0 Å². The Morgan fingerprint density at radius 2 is 1.78 bits per heavy atom. The number of esters is 2. The van der Waals surface area contributed by atoms with Gasteiger partial charge in [0.2, 0.25) is 0 Å². The van der Waals surface area contributed by atoms with Crippen LogP contribution in [0.4, 0.5) is 10.5 Å². The summed E-state index contributed by atoms with van der Waals surface area (Å²) < 4.78 is 10.8. The molecule has 8 nitrogen and oxygen atoms in total. The van der Waals surface area contributed by atoms with Crippen molar-refractivity contribution in [2.24, 2.45) is 16.6 Å². The number of urea groups is 1. The van der Waals surface area contributed by atoms with Crippen LogP contribution < -0.4 is 10.0 Å². The second-order valence-electron chi connectivity index (χ2n) is 5.93. The monoisotopic (exact) mass is 391 g/mol. The minimum absolute atomic E-state index is 0.206. The maximum Gasteiger partial charge on any atom is 0.336 e. The maximum absolute atomic E-state index is 12.5. The zero-order chi connectivity index (χ0) is 20.3. The molecular weight excluding hydrogens is 370 g/mol. The molecule has 2 rings (SSSR count). The van der Waals surface area contributed by atoms with Crippen molar-refractivity contribution in [1.29, 1.82) is 0 Å². The van der Waals surface area contributed by atoms with Gasteiger partial charge in [0.15, 0.2) is 0 Å². The van der Waals surface area contributed by atoms with Crippen molar-refractivity contribution in [3.63, 3.8) is 0 Å². The number of nitrogens with two attached hydrogens (primary N) is 1. The van der Waals surface area contributed by atoms with Crippen LogP contribution in [0, 0.1) is 5.92 Å². The number of allylic oxidation sites excluding steroid dienone is 1. The van der Waals surface area contributed by atoms with Crippen molar-refractivity contribution in [2.75, 3.05) is 18.5 Å². The van der Waals surface area contributed by atoms with E-state index in [1.807, 2.05) is 0 Å². The molecule has 9 heteroatoms. The van der Waals surface area contributed by atoms with Crippen LogP contribution in [0.1, 0.15) is 25.3 Å². The summed E-state index contributed by atoms with van der Waals surface area (Å²) in [5.74, 6) is -2.84. The number of hydrogen-bond donors (Lipinski definition) is 2. The zero-order valence-electron chi connectivity index (χ0n) is 15.4. The van der Waals surface area contributed by atoms with Gasteiger partial charge in [-0.3, -0.25) is 9.79 Å². The summed E-state index contributed by atoms with van der Waals surface area (Å²) in [6, 6.07) is 5.92. The molecule has 0 saturated carbocycles. The summed E-state index contributed by atoms with van der Waals surface area (Å²) >= 11 is 4.14. The highest BCUT2D eigenvalue weighted by Crippen LogP contribution is 2.43. The molecule has 0 fully saturated rings. The molecule has 144 valence electrons. The minimum atomic E-state index is -0.872. The van der Waals surface area contributed by atoms with Crippen molar-refractivity contribution < 1.29 is 23.9 Å². The fourth-order valence-corrected chi connectivity index (χ4v) is 3.42. The Kier molecular flexibility index (Phi) is 6.27. The Bertz CT molecular complexity index is 849. The van der Waals surface area contributed by atoms with E-state index in [-0.39, 0.29) is 5.57 Å². The van der Waals surface area contributed by atoms with Crippen LogP contribution in [-0.4, -0.2) is 37.9 Å². The number of amides is 2. The highest BCUT2D eigenvalue weighted by molar-refractivity contribution is 7.82. The molecule has 2 unspecified atom stereocenters. The topological polar surface area (TPSA) is 111 Å². The third kappa shape index (κ3) is 3.82. The third-order valence-electron chi connectivity index (χ3n) is 4.40. The lowest BCUT2D eigenvalue weighted by atomic mass is 9.75. The molecule has 2 N–H and O–H groups in total. The number of para-hydroxylation sites is 1.